The summed E-state index contributed by atoms with van der Waals surface area (Å²) < 4.78 is 26.3. The van der Waals surface area contributed by atoms with Crippen molar-refractivity contribution in [3.8, 4) is 11.5 Å². The second-order valence-corrected chi connectivity index (χ2v) is 7.16. The standard InChI is InChI=1S/C23H23BrFNO2/c1-2-27-22-13-18(15-26-14-17-8-4-3-5-9-17)12-20(24)23(22)28-16-19-10-6-7-11-21(19)25/h3-13,26H,2,14-16H2,1H3. The van der Waals surface area contributed by atoms with Crippen molar-refractivity contribution in [1.29, 1.82) is 0 Å². The topological polar surface area (TPSA) is 30.5 Å². The Morgan fingerprint density at radius 1 is 0.893 bits per heavy atom. The van der Waals surface area contributed by atoms with Crippen LogP contribution in [0.1, 0.15) is 23.6 Å². The van der Waals surface area contributed by atoms with Crippen molar-refractivity contribution in [3.63, 3.8) is 0 Å². The third kappa shape index (κ3) is 5.57. The molecule has 0 heterocycles. The van der Waals surface area contributed by atoms with Gasteiger partial charge in [0.05, 0.1) is 11.1 Å². The zero-order valence-electron chi connectivity index (χ0n) is 15.8. The van der Waals surface area contributed by atoms with Crippen LogP contribution in [0.4, 0.5) is 4.39 Å². The number of nitrogens with one attached hydrogen (secondary N) is 1. The minimum Gasteiger partial charge on any atom is -0.490 e. The fourth-order valence-corrected chi connectivity index (χ4v) is 3.44. The van der Waals surface area contributed by atoms with E-state index in [1.165, 1.54) is 11.6 Å². The molecular weight excluding hydrogens is 421 g/mol. The second kappa shape index (κ2) is 10.2. The maximum atomic E-state index is 13.9. The van der Waals surface area contributed by atoms with Gasteiger partial charge in [-0.3, -0.25) is 0 Å². The molecule has 1 N–H and O–H groups in total. The summed E-state index contributed by atoms with van der Waals surface area (Å²) in [7, 11) is 0. The Hall–Kier alpha value is -2.37. The molecule has 0 aromatic heterocycles. The van der Waals surface area contributed by atoms with Crippen LogP contribution in [0, 0.1) is 5.82 Å². The van der Waals surface area contributed by atoms with Gasteiger partial charge in [-0.1, -0.05) is 48.5 Å². The van der Waals surface area contributed by atoms with E-state index in [4.69, 9.17) is 9.47 Å². The van der Waals surface area contributed by atoms with E-state index in [0.29, 0.717) is 30.2 Å². The first kappa shape index (κ1) is 20.4. The Kier molecular flexibility index (Phi) is 7.46. The summed E-state index contributed by atoms with van der Waals surface area (Å²) >= 11 is 3.57. The van der Waals surface area contributed by atoms with Crippen molar-refractivity contribution < 1.29 is 13.9 Å². The molecule has 0 aliphatic heterocycles. The number of hydrogen-bond donors (Lipinski definition) is 1. The maximum absolute atomic E-state index is 13.9. The quantitative estimate of drug-likeness (QED) is 0.449. The largest absolute Gasteiger partial charge is 0.490 e. The Labute approximate surface area is 173 Å². The molecule has 0 aliphatic carbocycles. The van der Waals surface area contributed by atoms with Crippen molar-refractivity contribution in [1.82, 2.24) is 5.32 Å². The molecule has 3 aromatic carbocycles. The Bertz CT molecular complexity index is 902. The lowest BCUT2D eigenvalue weighted by Crippen LogP contribution is -2.13. The third-order valence-corrected chi connectivity index (χ3v) is 4.79. The molecular formula is C23H23BrFNO2. The molecule has 0 amide bonds. The van der Waals surface area contributed by atoms with E-state index < -0.39 is 0 Å². The highest BCUT2D eigenvalue weighted by Gasteiger charge is 2.13. The summed E-state index contributed by atoms with van der Waals surface area (Å²) in [5.41, 5.74) is 2.81. The van der Waals surface area contributed by atoms with Gasteiger partial charge in [-0.2, -0.15) is 0 Å². The molecule has 0 bridgehead atoms. The first-order valence-corrected chi connectivity index (χ1v) is 10.0. The zero-order chi connectivity index (χ0) is 19.8. The molecule has 3 nitrogen and oxygen atoms in total. The van der Waals surface area contributed by atoms with Gasteiger partial charge in [0, 0.05) is 18.7 Å². The Morgan fingerprint density at radius 3 is 2.36 bits per heavy atom. The molecule has 28 heavy (non-hydrogen) atoms. The molecule has 0 saturated heterocycles. The van der Waals surface area contributed by atoms with E-state index in [-0.39, 0.29) is 12.4 Å². The Morgan fingerprint density at radius 2 is 1.61 bits per heavy atom. The van der Waals surface area contributed by atoms with Crippen LogP contribution in [-0.2, 0) is 19.7 Å². The van der Waals surface area contributed by atoms with E-state index >= 15 is 0 Å². The van der Waals surface area contributed by atoms with E-state index in [2.05, 4.69) is 33.4 Å². The van der Waals surface area contributed by atoms with Gasteiger partial charge < -0.3 is 14.8 Å². The molecule has 3 aromatic rings. The van der Waals surface area contributed by atoms with Crippen molar-refractivity contribution in [2.24, 2.45) is 0 Å². The molecule has 5 heteroatoms. The molecule has 0 atom stereocenters. The second-order valence-electron chi connectivity index (χ2n) is 6.31. The average molecular weight is 444 g/mol. The number of benzene rings is 3. The van der Waals surface area contributed by atoms with E-state index in [1.54, 1.807) is 18.2 Å². The van der Waals surface area contributed by atoms with Gasteiger partial charge in [0.25, 0.3) is 0 Å². The smallest absolute Gasteiger partial charge is 0.175 e. The normalized spacial score (nSPS) is 10.7. The van der Waals surface area contributed by atoms with Crippen molar-refractivity contribution >= 4 is 15.9 Å². The van der Waals surface area contributed by atoms with Crippen LogP contribution in [-0.4, -0.2) is 6.61 Å². The van der Waals surface area contributed by atoms with Crippen molar-refractivity contribution in [2.75, 3.05) is 6.61 Å². The van der Waals surface area contributed by atoms with E-state index in [1.807, 2.05) is 37.3 Å². The summed E-state index contributed by atoms with van der Waals surface area (Å²) in [5.74, 6) is 0.944. The van der Waals surface area contributed by atoms with Crippen LogP contribution in [0.2, 0.25) is 0 Å². The van der Waals surface area contributed by atoms with Crippen LogP contribution in [0.15, 0.2) is 71.2 Å². The van der Waals surface area contributed by atoms with Gasteiger partial charge in [0.2, 0.25) is 0 Å². The monoisotopic (exact) mass is 443 g/mol. The summed E-state index contributed by atoms with van der Waals surface area (Å²) in [6.45, 7) is 4.06. The van der Waals surface area contributed by atoms with Gasteiger partial charge in [-0.25, -0.2) is 4.39 Å². The molecule has 3 rings (SSSR count). The van der Waals surface area contributed by atoms with Crippen LogP contribution in [0.5, 0.6) is 11.5 Å². The van der Waals surface area contributed by atoms with Gasteiger partial charge in [-0.15, -0.1) is 0 Å². The maximum Gasteiger partial charge on any atom is 0.175 e. The van der Waals surface area contributed by atoms with Crippen LogP contribution >= 0.6 is 15.9 Å². The van der Waals surface area contributed by atoms with E-state index in [9.17, 15) is 4.39 Å². The predicted molar refractivity (Wildman–Crippen MR) is 113 cm³/mol. The predicted octanol–water partition coefficient (Wildman–Crippen LogP) is 5.86. The van der Waals surface area contributed by atoms with Gasteiger partial charge in [0.1, 0.15) is 12.4 Å². The summed E-state index contributed by atoms with van der Waals surface area (Å²) in [4.78, 5) is 0. The Balaban J connectivity index is 1.69. The molecule has 0 spiro atoms. The van der Waals surface area contributed by atoms with Gasteiger partial charge >= 0.3 is 0 Å². The minimum atomic E-state index is -0.279. The highest BCUT2D eigenvalue weighted by molar-refractivity contribution is 9.10. The molecule has 0 fully saturated rings. The zero-order valence-corrected chi connectivity index (χ0v) is 17.3. The summed E-state index contributed by atoms with van der Waals surface area (Å²) in [5, 5.41) is 3.43. The molecule has 0 aliphatic rings. The highest BCUT2D eigenvalue weighted by atomic mass is 79.9. The van der Waals surface area contributed by atoms with Gasteiger partial charge in [-0.05, 0) is 52.2 Å². The third-order valence-electron chi connectivity index (χ3n) is 4.20. The molecule has 0 saturated carbocycles. The lowest BCUT2D eigenvalue weighted by molar-refractivity contribution is 0.264. The molecule has 0 unspecified atom stereocenters. The number of rotatable bonds is 9. The average Bonchev–Trinajstić information content (AvgIpc) is 2.70. The molecule has 0 radical (unpaired) electrons. The van der Waals surface area contributed by atoms with Crippen molar-refractivity contribution in [2.45, 2.75) is 26.6 Å². The fourth-order valence-electron chi connectivity index (χ4n) is 2.84. The lowest BCUT2D eigenvalue weighted by atomic mass is 10.1. The first-order chi connectivity index (χ1) is 13.7. The SMILES string of the molecule is CCOc1cc(CNCc2ccccc2)cc(Br)c1OCc1ccccc1F. The molecule has 146 valence electrons. The number of ether oxygens (including phenoxy) is 2. The van der Waals surface area contributed by atoms with Crippen molar-refractivity contribution in [3.05, 3.63) is 93.7 Å². The number of halogens is 2. The highest BCUT2D eigenvalue weighted by Crippen LogP contribution is 2.37. The van der Waals surface area contributed by atoms with Crippen LogP contribution in [0.3, 0.4) is 0 Å². The summed E-state index contributed by atoms with van der Waals surface area (Å²) in [6, 6.07) is 20.8. The summed E-state index contributed by atoms with van der Waals surface area (Å²) in [6.07, 6.45) is 0. The van der Waals surface area contributed by atoms with E-state index in [0.717, 1.165) is 16.6 Å². The lowest BCUT2D eigenvalue weighted by Gasteiger charge is -2.16. The number of hydrogen-bond acceptors (Lipinski definition) is 3. The van der Waals surface area contributed by atoms with Gasteiger partial charge in [0.15, 0.2) is 11.5 Å². The minimum absolute atomic E-state index is 0.136. The first-order valence-electron chi connectivity index (χ1n) is 9.23. The fraction of sp³-hybridized carbons (Fsp3) is 0.217. The van der Waals surface area contributed by atoms with Crippen LogP contribution < -0.4 is 14.8 Å². The van der Waals surface area contributed by atoms with Crippen LogP contribution in [0.25, 0.3) is 0 Å².